The molecule has 6 heteroatoms. The van der Waals surface area contributed by atoms with Crippen LogP contribution in [0.25, 0.3) is 0 Å². The van der Waals surface area contributed by atoms with Crippen LogP contribution >= 0.6 is 0 Å². The molecule has 1 heterocycles. The second-order valence-electron chi connectivity index (χ2n) is 4.86. The zero-order chi connectivity index (χ0) is 15.2. The predicted molar refractivity (Wildman–Crippen MR) is 81.1 cm³/mol. The van der Waals surface area contributed by atoms with Gasteiger partial charge in [-0.25, -0.2) is 0 Å². The second kappa shape index (κ2) is 6.78. The summed E-state index contributed by atoms with van der Waals surface area (Å²) in [5.74, 6) is 0.358. The van der Waals surface area contributed by atoms with Gasteiger partial charge in [0.1, 0.15) is 5.75 Å². The van der Waals surface area contributed by atoms with Crippen LogP contribution in [0, 0.1) is 13.8 Å². The molecule has 0 aliphatic carbocycles. The van der Waals surface area contributed by atoms with Crippen LogP contribution in [0.15, 0.2) is 24.3 Å². The first-order chi connectivity index (χ1) is 10.1. The first-order valence-corrected chi connectivity index (χ1v) is 6.81. The molecule has 0 fully saturated rings. The average molecular weight is 288 g/mol. The third-order valence-corrected chi connectivity index (χ3v) is 3.22. The number of carbonyl (C=O) groups is 1. The zero-order valence-electron chi connectivity index (χ0n) is 12.3. The van der Waals surface area contributed by atoms with Crippen molar-refractivity contribution < 1.29 is 9.53 Å². The minimum atomic E-state index is -0.362. The molecule has 0 atom stereocenters. The summed E-state index contributed by atoms with van der Waals surface area (Å²) in [7, 11) is 0. The van der Waals surface area contributed by atoms with Gasteiger partial charge in [0.05, 0.1) is 18.7 Å². The number of aromatic nitrogens is 2. The summed E-state index contributed by atoms with van der Waals surface area (Å²) in [5, 5.41) is 10.5. The molecule has 2 rings (SSSR count). The second-order valence-corrected chi connectivity index (χ2v) is 4.86. The van der Waals surface area contributed by atoms with Crippen LogP contribution in [0.3, 0.4) is 0 Å². The summed E-state index contributed by atoms with van der Waals surface area (Å²) in [5.41, 5.74) is 9.31. The Morgan fingerprint density at radius 2 is 2.05 bits per heavy atom. The Bertz CT molecular complexity index is 585. The maximum atomic E-state index is 10.6. The Kier molecular flexibility index (Phi) is 4.81. The molecule has 0 saturated carbocycles. The Hall–Kier alpha value is -2.50. The van der Waals surface area contributed by atoms with Gasteiger partial charge in [-0.2, -0.15) is 5.10 Å². The third-order valence-electron chi connectivity index (χ3n) is 3.22. The molecule has 1 aromatic heterocycles. The number of anilines is 1. The molecular formula is C15H20N4O2. The predicted octanol–water partition coefficient (Wildman–Crippen LogP) is 1.89. The van der Waals surface area contributed by atoms with E-state index in [-0.39, 0.29) is 12.3 Å². The first-order valence-electron chi connectivity index (χ1n) is 6.81. The number of nitrogens with two attached hydrogens (primary N) is 1. The minimum Gasteiger partial charge on any atom is -0.493 e. The van der Waals surface area contributed by atoms with E-state index in [9.17, 15) is 4.79 Å². The molecule has 0 radical (unpaired) electrons. The number of aryl methyl sites for hydroxylation is 2. The summed E-state index contributed by atoms with van der Waals surface area (Å²) in [6.07, 6.45) is 0.221. The summed E-state index contributed by atoms with van der Waals surface area (Å²) < 4.78 is 5.42. The van der Waals surface area contributed by atoms with Gasteiger partial charge >= 0.3 is 0 Å². The first kappa shape index (κ1) is 14.9. The van der Waals surface area contributed by atoms with Gasteiger partial charge in [0.2, 0.25) is 5.91 Å². The van der Waals surface area contributed by atoms with Crippen LogP contribution in [0.5, 0.6) is 5.75 Å². The van der Waals surface area contributed by atoms with Gasteiger partial charge in [0, 0.05) is 23.5 Å². The monoisotopic (exact) mass is 288 g/mol. The number of primary amides is 1. The molecule has 1 aromatic carbocycles. The van der Waals surface area contributed by atoms with Crippen LogP contribution < -0.4 is 15.8 Å². The van der Waals surface area contributed by atoms with Gasteiger partial charge < -0.3 is 15.8 Å². The van der Waals surface area contributed by atoms with E-state index in [0.29, 0.717) is 6.61 Å². The van der Waals surface area contributed by atoms with E-state index in [1.54, 1.807) is 0 Å². The molecule has 21 heavy (non-hydrogen) atoms. The number of hydrogen-bond acceptors (Lipinski definition) is 4. The van der Waals surface area contributed by atoms with E-state index < -0.39 is 0 Å². The van der Waals surface area contributed by atoms with Crippen molar-refractivity contribution in [3.63, 3.8) is 0 Å². The maximum absolute atomic E-state index is 10.6. The number of H-pyrrole nitrogens is 1. The van der Waals surface area contributed by atoms with Crippen LogP contribution in [-0.2, 0) is 11.3 Å². The number of ether oxygens (including phenoxy) is 1. The molecule has 0 spiro atoms. The van der Waals surface area contributed by atoms with E-state index in [1.807, 2.05) is 38.1 Å². The lowest BCUT2D eigenvalue weighted by atomic mass is 10.2. The van der Waals surface area contributed by atoms with Crippen molar-refractivity contribution in [2.24, 2.45) is 5.73 Å². The van der Waals surface area contributed by atoms with E-state index in [4.69, 9.17) is 10.5 Å². The van der Waals surface area contributed by atoms with E-state index in [0.717, 1.165) is 29.4 Å². The highest BCUT2D eigenvalue weighted by Crippen LogP contribution is 2.18. The van der Waals surface area contributed by atoms with Crippen LogP contribution in [0.2, 0.25) is 0 Å². The molecular weight excluding hydrogens is 268 g/mol. The van der Waals surface area contributed by atoms with E-state index in [2.05, 4.69) is 15.5 Å². The highest BCUT2D eigenvalue weighted by molar-refractivity contribution is 5.73. The molecule has 1 amide bonds. The third kappa shape index (κ3) is 4.24. The summed E-state index contributed by atoms with van der Waals surface area (Å²) in [6, 6.07) is 7.59. The quantitative estimate of drug-likeness (QED) is 0.725. The smallest absolute Gasteiger partial charge is 0.220 e. The van der Waals surface area contributed by atoms with Gasteiger partial charge in [0.25, 0.3) is 0 Å². The zero-order valence-corrected chi connectivity index (χ0v) is 12.3. The van der Waals surface area contributed by atoms with Crippen molar-refractivity contribution >= 4 is 11.6 Å². The highest BCUT2D eigenvalue weighted by atomic mass is 16.5. The Morgan fingerprint density at radius 3 is 2.62 bits per heavy atom. The standard InChI is InChI=1S/C15H20N4O2/c1-10-14(11(2)19-18-10)9-17-12-3-5-13(6-4-12)21-8-7-15(16)20/h3-6,17H,7-9H2,1-2H3,(H2,16,20)(H,18,19). The fourth-order valence-electron chi connectivity index (χ4n) is 1.96. The topological polar surface area (TPSA) is 93.0 Å². The number of hydrogen-bond donors (Lipinski definition) is 3. The summed E-state index contributed by atoms with van der Waals surface area (Å²) >= 11 is 0. The van der Waals surface area contributed by atoms with Crippen LogP contribution in [0.4, 0.5) is 5.69 Å². The SMILES string of the molecule is Cc1n[nH]c(C)c1CNc1ccc(OCCC(N)=O)cc1. The Labute approximate surface area is 123 Å². The highest BCUT2D eigenvalue weighted by Gasteiger charge is 2.05. The van der Waals surface area contributed by atoms with Gasteiger partial charge in [0.15, 0.2) is 0 Å². The van der Waals surface area contributed by atoms with Crippen molar-refractivity contribution in [3.05, 3.63) is 41.2 Å². The molecule has 0 saturated heterocycles. The van der Waals surface area contributed by atoms with Gasteiger partial charge in [-0.1, -0.05) is 0 Å². The van der Waals surface area contributed by atoms with Gasteiger partial charge in [-0.15, -0.1) is 0 Å². The van der Waals surface area contributed by atoms with Crippen LogP contribution in [-0.4, -0.2) is 22.7 Å². The van der Waals surface area contributed by atoms with E-state index in [1.165, 1.54) is 5.56 Å². The number of amides is 1. The van der Waals surface area contributed by atoms with Crippen LogP contribution in [0.1, 0.15) is 23.4 Å². The lowest BCUT2D eigenvalue weighted by Gasteiger charge is -2.09. The van der Waals surface area contributed by atoms with Crippen molar-refractivity contribution in [2.45, 2.75) is 26.8 Å². The fourth-order valence-corrected chi connectivity index (χ4v) is 1.96. The number of carbonyl (C=O) groups excluding carboxylic acids is 1. The molecule has 0 aliphatic rings. The van der Waals surface area contributed by atoms with Crippen molar-refractivity contribution in [1.82, 2.24) is 10.2 Å². The number of aromatic amines is 1. The molecule has 6 nitrogen and oxygen atoms in total. The average Bonchev–Trinajstić information content (AvgIpc) is 2.77. The summed E-state index contributed by atoms with van der Waals surface area (Å²) in [6.45, 7) is 5.01. The largest absolute Gasteiger partial charge is 0.493 e. The molecule has 2 aromatic rings. The molecule has 0 bridgehead atoms. The maximum Gasteiger partial charge on any atom is 0.220 e. The lowest BCUT2D eigenvalue weighted by Crippen LogP contribution is -2.14. The Balaban J connectivity index is 1.86. The van der Waals surface area contributed by atoms with Crippen molar-refractivity contribution in [1.29, 1.82) is 0 Å². The number of rotatable bonds is 7. The summed E-state index contributed by atoms with van der Waals surface area (Å²) in [4.78, 5) is 10.6. The molecule has 112 valence electrons. The fraction of sp³-hybridized carbons (Fsp3) is 0.333. The van der Waals surface area contributed by atoms with Gasteiger partial charge in [-0.3, -0.25) is 9.89 Å². The molecule has 0 unspecified atom stereocenters. The van der Waals surface area contributed by atoms with Gasteiger partial charge in [-0.05, 0) is 38.1 Å². The number of nitrogens with one attached hydrogen (secondary N) is 2. The van der Waals surface area contributed by atoms with Crippen molar-refractivity contribution in [2.75, 3.05) is 11.9 Å². The normalized spacial score (nSPS) is 10.4. The number of nitrogens with zero attached hydrogens (tertiary/aromatic N) is 1. The lowest BCUT2D eigenvalue weighted by molar-refractivity contribution is -0.118. The minimum absolute atomic E-state index is 0.221. The van der Waals surface area contributed by atoms with E-state index >= 15 is 0 Å². The molecule has 0 aliphatic heterocycles. The Morgan fingerprint density at radius 1 is 1.33 bits per heavy atom. The van der Waals surface area contributed by atoms with Crippen molar-refractivity contribution in [3.8, 4) is 5.75 Å². The molecule has 4 N–H and O–H groups in total. The number of benzene rings is 1.